The van der Waals surface area contributed by atoms with Crippen LogP contribution in [-0.2, 0) is 119 Å². The molecule has 0 aliphatic heterocycles. The van der Waals surface area contributed by atoms with Crippen molar-refractivity contribution in [1.82, 2.24) is 0 Å². The molecule has 0 saturated heterocycles. The van der Waals surface area contributed by atoms with E-state index < -0.39 is 29.8 Å². The molecule has 0 aromatic rings. The van der Waals surface area contributed by atoms with Gasteiger partial charge in [0.05, 0.1) is 59.5 Å². The van der Waals surface area contributed by atoms with Gasteiger partial charge in [-0.15, -0.1) is 0 Å². The van der Waals surface area contributed by atoms with Gasteiger partial charge >= 0.3 is 53.7 Å². The minimum atomic E-state index is -0.501. The highest BCUT2D eigenvalue weighted by Gasteiger charge is 2.07. The fourth-order valence-electron chi connectivity index (χ4n) is 4.64. The van der Waals surface area contributed by atoms with E-state index in [-0.39, 0.29) is 50.3 Å². The minimum Gasteiger partial charge on any atom is -0.460 e. The van der Waals surface area contributed by atoms with E-state index >= 15 is 0 Å². The van der Waals surface area contributed by atoms with Crippen LogP contribution in [0.25, 0.3) is 0 Å². The number of hydrogen-bond donors (Lipinski definition) is 2. The smallest absolute Gasteiger partial charge is 0.333 e. The summed E-state index contributed by atoms with van der Waals surface area (Å²) in [6.07, 6.45) is 14.8. The van der Waals surface area contributed by atoms with E-state index in [1.807, 2.05) is 13.8 Å². The number of carbonyl (C=O) groups excluding carboxylic acids is 9. The maximum atomic E-state index is 10.9. The molecule has 2 N–H and O–H groups in total. The van der Waals surface area contributed by atoms with Gasteiger partial charge in [0.25, 0.3) is 0 Å². The number of methoxy groups -OCH3 is 2. The summed E-state index contributed by atoms with van der Waals surface area (Å²) < 4.78 is 76.7. The zero-order valence-electron chi connectivity index (χ0n) is 61.3. The van der Waals surface area contributed by atoms with Crippen molar-refractivity contribution in [2.24, 2.45) is 5.92 Å². The van der Waals surface area contributed by atoms with Crippen LogP contribution in [0.4, 0.5) is 0 Å². The topological polar surface area (TPSA) is 342 Å². The summed E-state index contributed by atoms with van der Waals surface area (Å²) in [7, 11) is 3.09. The summed E-state index contributed by atoms with van der Waals surface area (Å²) in [5.74, 6) is -2.98. The molecule has 0 aliphatic carbocycles. The third-order valence-corrected chi connectivity index (χ3v) is 9.87. The second-order valence-electron chi connectivity index (χ2n) is 18.8. The summed E-state index contributed by atoms with van der Waals surface area (Å²) in [6, 6.07) is 0. The van der Waals surface area contributed by atoms with Crippen LogP contribution >= 0.6 is 0 Å². The Kier molecular flexibility index (Phi) is 104. The summed E-state index contributed by atoms with van der Waals surface area (Å²) in [4.78, 5) is 94.7. The first-order valence-electron chi connectivity index (χ1n) is 32.1. The number of esters is 9. The van der Waals surface area contributed by atoms with Gasteiger partial charge in [0, 0.05) is 99.9 Å². The Labute approximate surface area is 585 Å². The molecule has 0 fully saturated rings. The Bertz CT molecular complexity index is 2060. The number of rotatable bonds is 48. The molecule has 0 amide bonds. The number of aliphatic hydroxyl groups is 2. The van der Waals surface area contributed by atoms with Gasteiger partial charge in [0.15, 0.2) is 0 Å². The van der Waals surface area contributed by atoms with Crippen LogP contribution in [0.3, 0.4) is 0 Å². The molecule has 0 aliphatic rings. The molecule has 98 heavy (non-hydrogen) atoms. The molecule has 0 aromatic heterocycles. The average Bonchev–Trinajstić information content (AvgIpc) is 3.82. The number of ether oxygens (including phenoxy) is 16. The largest absolute Gasteiger partial charge is 0.460 e. The molecule has 27 nitrogen and oxygen atoms in total. The first kappa shape index (κ1) is 109. The van der Waals surface area contributed by atoms with Crippen LogP contribution in [0.2, 0.25) is 0 Å². The van der Waals surface area contributed by atoms with E-state index in [9.17, 15) is 43.2 Å². The molecule has 0 aromatic carbocycles. The van der Waals surface area contributed by atoms with Gasteiger partial charge in [-0.2, -0.15) is 0 Å². The van der Waals surface area contributed by atoms with Gasteiger partial charge in [-0.25, -0.2) is 43.2 Å². The highest BCUT2D eigenvalue weighted by atomic mass is 16.6. The monoisotopic (exact) mass is 1410 g/mol. The van der Waals surface area contributed by atoms with Gasteiger partial charge in [0.1, 0.15) is 59.5 Å². The molecule has 0 radical (unpaired) electrons. The van der Waals surface area contributed by atoms with E-state index in [0.29, 0.717) is 134 Å². The van der Waals surface area contributed by atoms with Gasteiger partial charge in [-0.1, -0.05) is 119 Å². The van der Waals surface area contributed by atoms with Crippen molar-refractivity contribution in [3.8, 4) is 0 Å². The molecule has 0 rings (SSSR count). The Morgan fingerprint density at radius 1 is 0.327 bits per heavy atom. The summed E-state index contributed by atoms with van der Waals surface area (Å²) in [5.41, 5.74) is 1.61. The Hall–Kier alpha value is -7.47. The van der Waals surface area contributed by atoms with Gasteiger partial charge in [-0.3, -0.25) is 0 Å². The van der Waals surface area contributed by atoms with Crippen molar-refractivity contribution in [3.63, 3.8) is 0 Å². The molecular formula is C71H124O27. The fourth-order valence-corrected chi connectivity index (χ4v) is 4.64. The fraction of sp³-hybridized carbons (Fsp3) is 0.620. The highest BCUT2D eigenvalue weighted by Crippen LogP contribution is 2.12. The predicted octanol–water partition coefficient (Wildman–Crippen LogP) is 9.22. The van der Waals surface area contributed by atoms with Crippen LogP contribution in [0.15, 0.2) is 112 Å². The number of unbranched alkanes of at least 4 members (excludes halogenated alkanes) is 3. The van der Waals surface area contributed by atoms with E-state index in [2.05, 4.69) is 125 Å². The van der Waals surface area contributed by atoms with E-state index in [4.69, 9.17) is 48.1 Å². The zero-order chi connectivity index (χ0) is 76.9. The van der Waals surface area contributed by atoms with Gasteiger partial charge in [0.2, 0.25) is 0 Å². The Morgan fingerprint density at radius 2 is 0.571 bits per heavy atom. The Morgan fingerprint density at radius 3 is 0.827 bits per heavy atom. The molecule has 570 valence electrons. The molecular weight excluding hydrogens is 1280 g/mol. The van der Waals surface area contributed by atoms with Crippen LogP contribution < -0.4 is 0 Å². The highest BCUT2D eigenvalue weighted by molar-refractivity contribution is 5.88. The first-order chi connectivity index (χ1) is 46.7. The van der Waals surface area contributed by atoms with Crippen molar-refractivity contribution >= 4 is 53.7 Å². The molecule has 1 unspecified atom stereocenters. The van der Waals surface area contributed by atoms with Crippen molar-refractivity contribution in [3.05, 3.63) is 112 Å². The van der Waals surface area contributed by atoms with Crippen LogP contribution in [0, 0.1) is 5.92 Å². The van der Waals surface area contributed by atoms with E-state index in [1.165, 1.54) is 19.3 Å². The Balaban J connectivity index is -0.000000131. The predicted molar refractivity (Wildman–Crippen MR) is 375 cm³/mol. The van der Waals surface area contributed by atoms with Crippen molar-refractivity contribution in [1.29, 1.82) is 0 Å². The summed E-state index contributed by atoms with van der Waals surface area (Å²) in [5, 5.41) is 16.3. The van der Waals surface area contributed by atoms with E-state index in [0.717, 1.165) is 82.3 Å². The first-order valence-corrected chi connectivity index (χ1v) is 32.1. The van der Waals surface area contributed by atoms with Gasteiger partial charge < -0.3 is 86.0 Å². The molecule has 0 heterocycles. The number of hydrogen-bond acceptors (Lipinski definition) is 27. The molecule has 0 saturated carbocycles. The van der Waals surface area contributed by atoms with E-state index in [1.54, 1.807) is 41.9 Å². The lowest BCUT2D eigenvalue weighted by Crippen LogP contribution is -2.13. The molecule has 1 atom stereocenters. The standard InChI is InChI=1S/C13H24O3.C10H18O3.C9H16O3.C8H14O3.2C7H12O3.2C6H10O3.C5H8O3/c1-4-7-8-12(5-2)11-15-9-10-16-13(14)6-3;1-4-5-6-12-7-8-13-10(11)9(2)3;1-3-5-6-11-7-8-12-9(10)4-2;1-4-10-5-6-11-8(9)7(2)3;1-6(2)7(8)10-5-4-9-3;1-3-7(8)10-6-5-9-4-2;1-5(2)6(8)9-4-3-7;1-3-6(7)9-5-4-8-2;1-2-5(7)8-4-3-6/h6,12H,3-5,7-11H2,1-2H3;2,4-8H2,1,3H3;4H,2-3,5-8H2,1H3;2,4-6H2,1,3H3;1,4-5H2,2-3H3;3H,1,4-6H2,2H3;7H,1,3-4H2,2H3;3H,1,4-5H2,2H3;2,6H,1,3-4H2. The SMILES string of the molecule is C=C(C)C(=O)OCCO.C=C(C)C(=O)OCCOC.C=C(C)C(=O)OCCOCC.C=C(C)C(=O)OCCOCCCC.C=CC(=O)OCCO.C=CC(=O)OCCOC.C=CC(=O)OCCOCC.C=CC(=O)OCCOCC(CC)CCCC.C=CC(=O)OCCOCCCC. The third kappa shape index (κ3) is 110. The normalized spacial score (nSPS) is 9.53. The maximum absolute atomic E-state index is 10.9. The van der Waals surface area contributed by atoms with Crippen molar-refractivity contribution in [2.75, 3.05) is 166 Å². The maximum Gasteiger partial charge on any atom is 0.333 e. The average molecular weight is 1410 g/mol. The quantitative estimate of drug-likeness (QED) is 0.0248. The minimum absolute atomic E-state index is 0.0465. The molecule has 27 heteroatoms. The summed E-state index contributed by atoms with van der Waals surface area (Å²) >= 11 is 0. The van der Waals surface area contributed by atoms with Crippen LogP contribution in [-0.4, -0.2) is 230 Å². The lowest BCUT2D eigenvalue weighted by atomic mass is 10.0. The molecule has 0 bridgehead atoms. The second kappa shape index (κ2) is 93.7. The van der Waals surface area contributed by atoms with Crippen LogP contribution in [0.5, 0.6) is 0 Å². The second-order valence-corrected chi connectivity index (χ2v) is 18.8. The number of carbonyl (C=O) groups is 9. The number of aliphatic hydroxyl groups excluding tert-OH is 2. The lowest BCUT2D eigenvalue weighted by Gasteiger charge is -2.14. The van der Waals surface area contributed by atoms with Crippen molar-refractivity contribution in [2.45, 2.75) is 121 Å². The summed E-state index contributed by atoms with van der Waals surface area (Å²) in [6.45, 7) is 57.3. The lowest BCUT2D eigenvalue weighted by molar-refractivity contribution is -0.141. The van der Waals surface area contributed by atoms with Crippen molar-refractivity contribution < 1.29 is 129 Å². The molecule has 0 spiro atoms. The van der Waals surface area contributed by atoms with Crippen LogP contribution in [0.1, 0.15) is 121 Å². The zero-order valence-corrected chi connectivity index (χ0v) is 61.3. The third-order valence-electron chi connectivity index (χ3n) is 9.87. The van der Waals surface area contributed by atoms with Gasteiger partial charge in [-0.05, 0) is 66.7 Å².